The van der Waals surface area contributed by atoms with Crippen LogP contribution in [0.3, 0.4) is 0 Å². The minimum Gasteiger partial charge on any atom is -0.355 e. The number of nitrogens with zero attached hydrogens (tertiary/aromatic N) is 3. The van der Waals surface area contributed by atoms with E-state index in [1.807, 2.05) is 4.90 Å². The van der Waals surface area contributed by atoms with Crippen molar-refractivity contribution >= 4 is 27.7 Å². The average molecular weight is 452 g/mol. The molecule has 0 aromatic heterocycles. The lowest BCUT2D eigenvalue weighted by molar-refractivity contribution is -0.117. The van der Waals surface area contributed by atoms with Gasteiger partial charge in [-0.1, -0.05) is 19.3 Å². The SMILES string of the molecule is CNC(=O)c1ccc(NC(=O)CN2CCN(S(=O)(=O)N(C)C3CCCCC3)CC2)cc1. The second-order valence-electron chi connectivity index (χ2n) is 8.20. The van der Waals surface area contributed by atoms with Gasteiger partial charge in [0.1, 0.15) is 0 Å². The van der Waals surface area contributed by atoms with E-state index in [2.05, 4.69) is 10.6 Å². The maximum absolute atomic E-state index is 13.0. The van der Waals surface area contributed by atoms with Crippen LogP contribution >= 0.6 is 0 Å². The minimum absolute atomic E-state index is 0.0948. The number of anilines is 1. The van der Waals surface area contributed by atoms with E-state index in [4.69, 9.17) is 0 Å². The van der Waals surface area contributed by atoms with Gasteiger partial charge in [-0.15, -0.1) is 0 Å². The van der Waals surface area contributed by atoms with Crippen molar-refractivity contribution in [2.45, 2.75) is 38.1 Å². The molecule has 0 radical (unpaired) electrons. The monoisotopic (exact) mass is 451 g/mol. The first-order valence-electron chi connectivity index (χ1n) is 10.9. The highest BCUT2D eigenvalue weighted by Crippen LogP contribution is 2.25. The summed E-state index contributed by atoms with van der Waals surface area (Å²) in [7, 11) is -0.207. The molecule has 3 rings (SSSR count). The van der Waals surface area contributed by atoms with Crippen LogP contribution in [0, 0.1) is 0 Å². The lowest BCUT2D eigenvalue weighted by Gasteiger charge is -2.38. The number of hydrogen-bond acceptors (Lipinski definition) is 5. The van der Waals surface area contributed by atoms with Gasteiger partial charge in [-0.05, 0) is 37.1 Å². The van der Waals surface area contributed by atoms with Crippen molar-refractivity contribution in [2.75, 3.05) is 52.1 Å². The Labute approximate surface area is 184 Å². The molecule has 9 nitrogen and oxygen atoms in total. The van der Waals surface area contributed by atoms with Gasteiger partial charge in [-0.3, -0.25) is 14.5 Å². The number of carbonyl (C=O) groups excluding carboxylic acids is 2. The molecule has 1 aliphatic heterocycles. The van der Waals surface area contributed by atoms with Crippen LogP contribution in [0.25, 0.3) is 0 Å². The molecule has 1 aromatic rings. The Balaban J connectivity index is 1.47. The Morgan fingerprint density at radius 1 is 1.03 bits per heavy atom. The first-order chi connectivity index (χ1) is 14.8. The maximum atomic E-state index is 13.0. The van der Waals surface area contributed by atoms with E-state index in [-0.39, 0.29) is 24.4 Å². The van der Waals surface area contributed by atoms with E-state index < -0.39 is 10.2 Å². The van der Waals surface area contributed by atoms with E-state index >= 15 is 0 Å². The Morgan fingerprint density at radius 2 is 1.65 bits per heavy atom. The summed E-state index contributed by atoms with van der Waals surface area (Å²) in [6.07, 6.45) is 5.22. The molecule has 1 aromatic carbocycles. The van der Waals surface area contributed by atoms with E-state index in [0.717, 1.165) is 25.7 Å². The highest BCUT2D eigenvalue weighted by Gasteiger charge is 2.34. The van der Waals surface area contributed by atoms with Crippen LogP contribution in [0.1, 0.15) is 42.5 Å². The summed E-state index contributed by atoms with van der Waals surface area (Å²) < 4.78 is 29.0. The molecule has 2 N–H and O–H groups in total. The fraction of sp³-hybridized carbons (Fsp3) is 0.619. The second kappa shape index (κ2) is 10.5. The predicted octanol–water partition coefficient (Wildman–Crippen LogP) is 1.11. The van der Waals surface area contributed by atoms with Gasteiger partial charge in [-0.2, -0.15) is 17.0 Å². The molecular formula is C21H33N5O4S. The predicted molar refractivity (Wildman–Crippen MR) is 120 cm³/mol. The van der Waals surface area contributed by atoms with Gasteiger partial charge in [-0.25, -0.2) is 0 Å². The number of benzene rings is 1. The van der Waals surface area contributed by atoms with E-state index in [0.29, 0.717) is 37.4 Å². The van der Waals surface area contributed by atoms with Gasteiger partial charge in [0.2, 0.25) is 5.91 Å². The zero-order chi connectivity index (χ0) is 22.4. The van der Waals surface area contributed by atoms with Crippen molar-refractivity contribution in [2.24, 2.45) is 0 Å². The van der Waals surface area contributed by atoms with Crippen molar-refractivity contribution in [1.29, 1.82) is 0 Å². The topological polar surface area (TPSA) is 102 Å². The van der Waals surface area contributed by atoms with Crippen molar-refractivity contribution in [3.8, 4) is 0 Å². The summed E-state index contributed by atoms with van der Waals surface area (Å²) in [6, 6.07) is 6.78. The fourth-order valence-corrected chi connectivity index (χ4v) is 5.76. The van der Waals surface area contributed by atoms with Gasteiger partial charge < -0.3 is 10.6 Å². The molecule has 0 unspecified atom stereocenters. The van der Waals surface area contributed by atoms with E-state index in [1.165, 1.54) is 10.7 Å². The number of piperazine rings is 1. The highest BCUT2D eigenvalue weighted by molar-refractivity contribution is 7.86. The van der Waals surface area contributed by atoms with Crippen LogP contribution in [0.2, 0.25) is 0 Å². The van der Waals surface area contributed by atoms with Gasteiger partial charge in [0.25, 0.3) is 16.1 Å². The zero-order valence-electron chi connectivity index (χ0n) is 18.3. The summed E-state index contributed by atoms with van der Waals surface area (Å²) in [5, 5.41) is 5.38. The van der Waals surface area contributed by atoms with Gasteiger partial charge in [0, 0.05) is 57.6 Å². The van der Waals surface area contributed by atoms with Crippen LogP contribution in [-0.4, -0.2) is 86.6 Å². The second-order valence-corrected chi connectivity index (χ2v) is 10.2. The van der Waals surface area contributed by atoms with Crippen molar-refractivity contribution < 1.29 is 18.0 Å². The Kier molecular flexibility index (Phi) is 8.04. The minimum atomic E-state index is -3.47. The van der Waals surface area contributed by atoms with Crippen LogP contribution in [0.4, 0.5) is 5.69 Å². The highest BCUT2D eigenvalue weighted by atomic mass is 32.2. The summed E-state index contributed by atoms with van der Waals surface area (Å²) in [6.45, 7) is 1.99. The first-order valence-corrected chi connectivity index (χ1v) is 12.3. The first kappa shape index (κ1) is 23.6. The summed E-state index contributed by atoms with van der Waals surface area (Å²) in [5.41, 5.74) is 1.14. The molecule has 1 saturated heterocycles. The Morgan fingerprint density at radius 3 is 2.23 bits per heavy atom. The third-order valence-electron chi connectivity index (χ3n) is 6.14. The molecule has 0 spiro atoms. The van der Waals surface area contributed by atoms with Crippen molar-refractivity contribution in [3.05, 3.63) is 29.8 Å². The molecule has 1 heterocycles. The number of hydrogen-bond donors (Lipinski definition) is 2. The van der Waals surface area contributed by atoms with E-state index in [9.17, 15) is 18.0 Å². The molecule has 1 aliphatic carbocycles. The smallest absolute Gasteiger partial charge is 0.282 e. The maximum Gasteiger partial charge on any atom is 0.282 e. The van der Waals surface area contributed by atoms with Crippen molar-refractivity contribution in [1.82, 2.24) is 18.8 Å². The summed E-state index contributed by atoms with van der Waals surface area (Å²) in [4.78, 5) is 25.9. The largest absolute Gasteiger partial charge is 0.355 e. The van der Waals surface area contributed by atoms with Crippen LogP contribution in [-0.2, 0) is 15.0 Å². The quantitative estimate of drug-likeness (QED) is 0.647. The zero-order valence-corrected chi connectivity index (χ0v) is 19.2. The van der Waals surface area contributed by atoms with Gasteiger partial charge in [0.15, 0.2) is 0 Å². The lowest BCUT2D eigenvalue weighted by atomic mass is 9.96. The molecule has 10 heteroatoms. The third kappa shape index (κ3) is 6.03. The molecule has 31 heavy (non-hydrogen) atoms. The summed E-state index contributed by atoms with van der Waals surface area (Å²) >= 11 is 0. The standard InChI is InChI=1S/C21H33N5O4S/c1-22-21(28)17-8-10-18(11-9-17)23-20(27)16-25-12-14-26(15-13-25)31(29,30)24(2)19-6-4-3-5-7-19/h8-11,19H,3-7,12-16H2,1-2H3,(H,22,28)(H,23,27). The molecule has 2 aliphatic rings. The fourth-order valence-electron chi connectivity index (χ4n) is 4.19. The van der Waals surface area contributed by atoms with Crippen LogP contribution in [0.15, 0.2) is 24.3 Å². The van der Waals surface area contributed by atoms with Crippen LogP contribution < -0.4 is 10.6 Å². The number of nitrogens with one attached hydrogen (secondary N) is 2. The van der Waals surface area contributed by atoms with Crippen LogP contribution in [0.5, 0.6) is 0 Å². The molecule has 1 saturated carbocycles. The molecule has 0 bridgehead atoms. The van der Waals surface area contributed by atoms with Gasteiger partial charge >= 0.3 is 0 Å². The van der Waals surface area contributed by atoms with Crippen molar-refractivity contribution in [3.63, 3.8) is 0 Å². The molecule has 172 valence electrons. The number of amides is 2. The Bertz CT molecular complexity index is 860. The molecule has 2 amide bonds. The molecular weight excluding hydrogens is 418 g/mol. The third-order valence-corrected chi connectivity index (χ3v) is 8.18. The lowest BCUT2D eigenvalue weighted by Crippen LogP contribution is -2.55. The Hall–Kier alpha value is -2.01. The normalized spacial score (nSPS) is 19.3. The average Bonchev–Trinajstić information content (AvgIpc) is 2.79. The number of carbonyl (C=O) groups is 2. The molecule has 0 atom stereocenters. The molecule has 2 fully saturated rings. The summed E-state index contributed by atoms with van der Waals surface area (Å²) in [5.74, 6) is -0.344. The van der Waals surface area contributed by atoms with E-state index in [1.54, 1.807) is 42.7 Å². The number of rotatable bonds is 7. The van der Waals surface area contributed by atoms with Gasteiger partial charge in [0.05, 0.1) is 6.54 Å².